The van der Waals surface area contributed by atoms with Crippen LogP contribution in [0.2, 0.25) is 0 Å². The number of halogens is 2. The molecule has 5 heteroatoms. The highest BCUT2D eigenvalue weighted by molar-refractivity contribution is 9.10. The van der Waals surface area contributed by atoms with E-state index in [4.69, 9.17) is 12.2 Å². The molecule has 2 aromatic rings. The Bertz CT molecular complexity index is 638. The van der Waals surface area contributed by atoms with Gasteiger partial charge in [0.05, 0.1) is 5.69 Å². The molecule has 2 nitrogen and oxygen atoms in total. The monoisotopic (exact) mass is 352 g/mol. The van der Waals surface area contributed by atoms with Crippen molar-refractivity contribution in [1.29, 1.82) is 0 Å². The first kappa shape index (κ1) is 14.9. The Kier molecular flexibility index (Phi) is 4.73. The second kappa shape index (κ2) is 6.33. The molecule has 0 saturated heterocycles. The Morgan fingerprint density at radius 1 is 1.05 bits per heavy atom. The Balaban J connectivity index is 2.09. The summed E-state index contributed by atoms with van der Waals surface area (Å²) >= 11 is 8.41. The van der Waals surface area contributed by atoms with Crippen LogP contribution in [0.25, 0.3) is 0 Å². The Hall–Kier alpha value is -1.46. The van der Waals surface area contributed by atoms with Crippen molar-refractivity contribution in [2.45, 2.75) is 13.8 Å². The van der Waals surface area contributed by atoms with Crippen molar-refractivity contribution in [3.05, 3.63) is 57.8 Å². The number of aryl methyl sites for hydroxylation is 2. The Morgan fingerprint density at radius 2 is 1.70 bits per heavy atom. The maximum atomic E-state index is 13.7. The molecule has 0 aliphatic heterocycles. The molecule has 0 aliphatic carbocycles. The smallest absolute Gasteiger partial charge is 0.175 e. The topological polar surface area (TPSA) is 24.1 Å². The number of anilines is 2. The summed E-state index contributed by atoms with van der Waals surface area (Å²) in [7, 11) is 0. The minimum atomic E-state index is -0.357. The molecule has 0 aliphatic rings. The first-order chi connectivity index (χ1) is 9.44. The second-order valence-electron chi connectivity index (χ2n) is 4.58. The molecular formula is C15H14BrFN2S. The molecule has 0 heterocycles. The highest BCUT2D eigenvalue weighted by Gasteiger charge is 2.05. The zero-order chi connectivity index (χ0) is 14.7. The van der Waals surface area contributed by atoms with Crippen LogP contribution in [-0.4, -0.2) is 5.11 Å². The fourth-order valence-corrected chi connectivity index (χ4v) is 2.48. The van der Waals surface area contributed by atoms with Gasteiger partial charge >= 0.3 is 0 Å². The molecule has 0 radical (unpaired) electrons. The minimum absolute atomic E-state index is 0.343. The predicted octanol–water partition coefficient (Wildman–Crippen LogP) is 5.01. The van der Waals surface area contributed by atoms with E-state index in [1.165, 1.54) is 6.07 Å². The van der Waals surface area contributed by atoms with Gasteiger partial charge in [-0.3, -0.25) is 0 Å². The third-order valence-corrected chi connectivity index (χ3v) is 3.36. The SMILES string of the molecule is Cc1cc(C)cc(NC(=S)Nc2ccc(Br)cc2F)c1. The van der Waals surface area contributed by atoms with Crippen molar-refractivity contribution in [2.75, 3.05) is 10.6 Å². The van der Waals surface area contributed by atoms with E-state index in [2.05, 4.69) is 32.6 Å². The molecule has 0 saturated carbocycles. The van der Waals surface area contributed by atoms with E-state index in [0.29, 0.717) is 15.3 Å². The fraction of sp³-hybridized carbons (Fsp3) is 0.133. The molecule has 0 spiro atoms. The van der Waals surface area contributed by atoms with Crippen molar-refractivity contribution >= 4 is 44.6 Å². The number of hydrogen-bond acceptors (Lipinski definition) is 1. The van der Waals surface area contributed by atoms with Crippen LogP contribution in [0.4, 0.5) is 15.8 Å². The number of thiocarbonyl (C=S) groups is 1. The summed E-state index contributed by atoms with van der Waals surface area (Å²) in [5.74, 6) is -0.357. The lowest BCUT2D eigenvalue weighted by molar-refractivity contribution is 0.631. The molecule has 0 fully saturated rings. The number of benzene rings is 2. The van der Waals surface area contributed by atoms with Crippen molar-refractivity contribution in [3.63, 3.8) is 0 Å². The third-order valence-electron chi connectivity index (χ3n) is 2.66. The predicted molar refractivity (Wildman–Crippen MR) is 89.9 cm³/mol. The highest BCUT2D eigenvalue weighted by Crippen LogP contribution is 2.20. The van der Waals surface area contributed by atoms with Gasteiger partial charge in [-0.2, -0.15) is 0 Å². The van der Waals surface area contributed by atoms with E-state index in [1.54, 1.807) is 12.1 Å². The van der Waals surface area contributed by atoms with Gasteiger partial charge in [0.1, 0.15) is 5.82 Å². The van der Waals surface area contributed by atoms with E-state index in [9.17, 15) is 4.39 Å². The lowest BCUT2D eigenvalue weighted by atomic mass is 10.1. The number of hydrogen-bond donors (Lipinski definition) is 2. The molecule has 20 heavy (non-hydrogen) atoms. The van der Waals surface area contributed by atoms with E-state index in [-0.39, 0.29) is 5.82 Å². The molecule has 104 valence electrons. The van der Waals surface area contributed by atoms with Crippen molar-refractivity contribution < 1.29 is 4.39 Å². The van der Waals surface area contributed by atoms with Crippen molar-refractivity contribution in [1.82, 2.24) is 0 Å². The zero-order valence-corrected chi connectivity index (χ0v) is 13.5. The van der Waals surface area contributed by atoms with E-state index >= 15 is 0 Å². The summed E-state index contributed by atoms with van der Waals surface area (Å²) in [6.45, 7) is 4.03. The average Bonchev–Trinajstić information content (AvgIpc) is 2.31. The van der Waals surface area contributed by atoms with Gasteiger partial charge in [0.15, 0.2) is 5.11 Å². The normalized spacial score (nSPS) is 10.2. The van der Waals surface area contributed by atoms with Gasteiger partial charge in [0.25, 0.3) is 0 Å². The molecule has 0 unspecified atom stereocenters. The van der Waals surface area contributed by atoms with Gasteiger partial charge in [0, 0.05) is 10.2 Å². The maximum absolute atomic E-state index is 13.7. The van der Waals surface area contributed by atoms with Crippen LogP contribution >= 0.6 is 28.1 Å². The summed E-state index contributed by atoms with van der Waals surface area (Å²) in [6, 6.07) is 10.8. The molecule has 0 bridgehead atoms. The average molecular weight is 353 g/mol. The minimum Gasteiger partial charge on any atom is -0.332 e. The highest BCUT2D eigenvalue weighted by atomic mass is 79.9. The van der Waals surface area contributed by atoms with Gasteiger partial charge in [-0.05, 0) is 67.5 Å². The quantitative estimate of drug-likeness (QED) is 0.742. The lowest BCUT2D eigenvalue weighted by Crippen LogP contribution is -2.19. The lowest BCUT2D eigenvalue weighted by Gasteiger charge is -2.12. The van der Waals surface area contributed by atoms with Gasteiger partial charge in [-0.15, -0.1) is 0 Å². The van der Waals surface area contributed by atoms with E-state index in [0.717, 1.165) is 16.8 Å². The standard InChI is InChI=1S/C15H14BrFN2S/c1-9-5-10(2)7-12(6-9)18-15(20)19-14-4-3-11(16)8-13(14)17/h3-8H,1-2H3,(H2,18,19,20). The van der Waals surface area contributed by atoms with Crippen molar-refractivity contribution in [2.24, 2.45) is 0 Å². The van der Waals surface area contributed by atoms with E-state index in [1.807, 2.05) is 26.0 Å². The summed E-state index contributed by atoms with van der Waals surface area (Å²) in [6.07, 6.45) is 0. The molecule has 2 rings (SSSR count). The van der Waals surface area contributed by atoms with Crippen LogP contribution in [0.5, 0.6) is 0 Å². The molecule has 2 N–H and O–H groups in total. The van der Waals surface area contributed by atoms with Crippen LogP contribution < -0.4 is 10.6 Å². The zero-order valence-electron chi connectivity index (χ0n) is 11.1. The third kappa shape index (κ3) is 4.02. The Morgan fingerprint density at radius 3 is 2.30 bits per heavy atom. The van der Waals surface area contributed by atoms with Crippen LogP contribution in [0.15, 0.2) is 40.9 Å². The summed E-state index contributed by atoms with van der Waals surface area (Å²) in [5.41, 5.74) is 3.52. The largest absolute Gasteiger partial charge is 0.332 e. The first-order valence-electron chi connectivity index (χ1n) is 6.05. The van der Waals surface area contributed by atoms with Crippen LogP contribution in [0, 0.1) is 19.7 Å². The second-order valence-corrected chi connectivity index (χ2v) is 5.90. The van der Waals surface area contributed by atoms with Crippen LogP contribution in [0.3, 0.4) is 0 Å². The summed E-state index contributed by atoms with van der Waals surface area (Å²) < 4.78 is 14.4. The van der Waals surface area contributed by atoms with Crippen LogP contribution in [0.1, 0.15) is 11.1 Å². The van der Waals surface area contributed by atoms with Gasteiger partial charge in [0.2, 0.25) is 0 Å². The molecule has 0 aromatic heterocycles. The van der Waals surface area contributed by atoms with Gasteiger partial charge in [-0.25, -0.2) is 4.39 Å². The molecule has 0 atom stereocenters. The molecule has 2 aromatic carbocycles. The maximum Gasteiger partial charge on any atom is 0.175 e. The summed E-state index contributed by atoms with van der Waals surface area (Å²) in [5, 5.41) is 6.26. The number of rotatable bonds is 2. The molecular weight excluding hydrogens is 339 g/mol. The van der Waals surface area contributed by atoms with Crippen molar-refractivity contribution in [3.8, 4) is 0 Å². The van der Waals surface area contributed by atoms with E-state index < -0.39 is 0 Å². The van der Waals surface area contributed by atoms with Crippen LogP contribution in [-0.2, 0) is 0 Å². The Labute approximate surface area is 131 Å². The first-order valence-corrected chi connectivity index (χ1v) is 7.25. The fourth-order valence-electron chi connectivity index (χ4n) is 1.92. The summed E-state index contributed by atoms with van der Waals surface area (Å²) in [4.78, 5) is 0. The van der Waals surface area contributed by atoms with Gasteiger partial charge < -0.3 is 10.6 Å². The van der Waals surface area contributed by atoms with Gasteiger partial charge in [-0.1, -0.05) is 22.0 Å². The number of nitrogens with one attached hydrogen (secondary N) is 2. The molecule has 0 amide bonds.